The smallest absolute Gasteiger partial charge is 0.254 e. The summed E-state index contributed by atoms with van der Waals surface area (Å²) in [5.41, 5.74) is 1.38. The summed E-state index contributed by atoms with van der Waals surface area (Å²) >= 11 is 0. The lowest BCUT2D eigenvalue weighted by molar-refractivity contribution is 0.0569. The number of likely N-dealkylation sites (tertiary alicyclic amines) is 1. The molecule has 7 heteroatoms. The fraction of sp³-hybridized carbons (Fsp3) is 0.250. The van der Waals surface area contributed by atoms with E-state index >= 15 is 0 Å². The predicted molar refractivity (Wildman–Crippen MR) is 97.9 cm³/mol. The lowest BCUT2D eigenvalue weighted by Crippen LogP contribution is -2.48. The van der Waals surface area contributed by atoms with E-state index in [0.717, 1.165) is 5.56 Å². The van der Waals surface area contributed by atoms with E-state index < -0.39 is 0 Å². The summed E-state index contributed by atoms with van der Waals surface area (Å²) in [7, 11) is 3.19. The molecule has 2 aromatic carbocycles. The number of benzene rings is 2. The second-order valence-corrected chi connectivity index (χ2v) is 6.30. The number of carbonyl (C=O) groups excluding carboxylic acids is 1. The molecule has 0 N–H and O–H groups in total. The molecule has 0 atom stereocenters. The minimum absolute atomic E-state index is 0.0328. The Balaban J connectivity index is 1.44. The van der Waals surface area contributed by atoms with E-state index in [1.165, 1.54) is 0 Å². The van der Waals surface area contributed by atoms with Crippen molar-refractivity contribution in [2.24, 2.45) is 0 Å². The average Bonchev–Trinajstić information content (AvgIpc) is 3.16. The monoisotopic (exact) mass is 365 g/mol. The number of rotatable bonds is 5. The minimum atomic E-state index is -0.0328. The Kier molecular flexibility index (Phi) is 4.50. The van der Waals surface area contributed by atoms with Crippen LogP contribution in [0.2, 0.25) is 0 Å². The average molecular weight is 365 g/mol. The molecule has 1 aliphatic rings. The van der Waals surface area contributed by atoms with Gasteiger partial charge in [-0.25, -0.2) is 0 Å². The van der Waals surface area contributed by atoms with Gasteiger partial charge in [-0.2, -0.15) is 4.98 Å². The van der Waals surface area contributed by atoms with Gasteiger partial charge in [0.2, 0.25) is 11.7 Å². The van der Waals surface area contributed by atoms with Gasteiger partial charge in [-0.15, -0.1) is 0 Å². The minimum Gasteiger partial charge on any atom is -0.497 e. The first kappa shape index (κ1) is 17.1. The maximum absolute atomic E-state index is 12.6. The highest BCUT2D eigenvalue weighted by Gasteiger charge is 2.36. The van der Waals surface area contributed by atoms with Crippen molar-refractivity contribution in [2.45, 2.75) is 5.92 Å². The van der Waals surface area contributed by atoms with Gasteiger partial charge in [-0.1, -0.05) is 23.4 Å². The van der Waals surface area contributed by atoms with E-state index in [0.29, 0.717) is 41.9 Å². The predicted octanol–water partition coefficient (Wildman–Crippen LogP) is 2.99. The summed E-state index contributed by atoms with van der Waals surface area (Å²) in [5.74, 6) is 2.38. The van der Waals surface area contributed by atoms with Gasteiger partial charge in [0.1, 0.15) is 11.5 Å². The number of carbonyl (C=O) groups is 1. The molecule has 1 aliphatic heterocycles. The maximum atomic E-state index is 12.6. The molecule has 0 radical (unpaired) electrons. The first-order valence-electron chi connectivity index (χ1n) is 8.60. The molecule has 1 saturated heterocycles. The van der Waals surface area contributed by atoms with Crippen LogP contribution in [-0.2, 0) is 0 Å². The van der Waals surface area contributed by atoms with Gasteiger partial charge in [-0.3, -0.25) is 4.79 Å². The van der Waals surface area contributed by atoms with Crippen molar-refractivity contribution in [3.63, 3.8) is 0 Å². The van der Waals surface area contributed by atoms with Crippen LogP contribution in [0.25, 0.3) is 11.4 Å². The molecule has 4 rings (SSSR count). The second-order valence-electron chi connectivity index (χ2n) is 6.30. The summed E-state index contributed by atoms with van der Waals surface area (Å²) in [5, 5.41) is 4.06. The molecule has 1 fully saturated rings. The third kappa shape index (κ3) is 3.23. The van der Waals surface area contributed by atoms with Gasteiger partial charge in [0.25, 0.3) is 5.91 Å². The lowest BCUT2D eigenvalue weighted by atomic mass is 9.98. The Bertz CT molecular complexity index is 963. The molecular weight excluding hydrogens is 346 g/mol. The fourth-order valence-corrected chi connectivity index (χ4v) is 3.08. The highest BCUT2D eigenvalue weighted by molar-refractivity contribution is 5.95. The number of nitrogens with zero attached hydrogens (tertiary/aromatic N) is 3. The van der Waals surface area contributed by atoms with E-state index in [-0.39, 0.29) is 11.8 Å². The van der Waals surface area contributed by atoms with Gasteiger partial charge >= 0.3 is 0 Å². The van der Waals surface area contributed by atoms with E-state index in [1.54, 1.807) is 37.3 Å². The van der Waals surface area contributed by atoms with Crippen LogP contribution >= 0.6 is 0 Å². The maximum Gasteiger partial charge on any atom is 0.254 e. The number of para-hydroxylation sites is 1. The van der Waals surface area contributed by atoms with Crippen molar-refractivity contribution in [2.75, 3.05) is 27.3 Å². The number of amides is 1. The normalized spacial score (nSPS) is 13.9. The summed E-state index contributed by atoms with van der Waals surface area (Å²) in [6.07, 6.45) is 0. The third-order valence-corrected chi connectivity index (χ3v) is 4.62. The van der Waals surface area contributed by atoms with Crippen LogP contribution < -0.4 is 9.47 Å². The molecule has 0 bridgehead atoms. The number of hydrogen-bond donors (Lipinski definition) is 0. The molecule has 3 aromatic rings. The Morgan fingerprint density at radius 3 is 2.70 bits per heavy atom. The SMILES string of the molecule is COc1cccc(C(=O)N2CC(c3nc(-c4ccccc4OC)no3)C2)c1. The zero-order chi connectivity index (χ0) is 18.8. The third-order valence-electron chi connectivity index (χ3n) is 4.62. The molecule has 0 aliphatic carbocycles. The van der Waals surface area contributed by atoms with E-state index in [9.17, 15) is 4.79 Å². The molecule has 0 spiro atoms. The topological polar surface area (TPSA) is 77.7 Å². The first-order valence-corrected chi connectivity index (χ1v) is 8.60. The Labute approximate surface area is 156 Å². The van der Waals surface area contributed by atoms with Crippen molar-refractivity contribution >= 4 is 5.91 Å². The lowest BCUT2D eigenvalue weighted by Gasteiger charge is -2.37. The largest absolute Gasteiger partial charge is 0.497 e. The highest BCUT2D eigenvalue weighted by atomic mass is 16.5. The van der Waals surface area contributed by atoms with Crippen molar-refractivity contribution in [1.29, 1.82) is 0 Å². The standard InChI is InChI=1S/C20H19N3O4/c1-25-15-7-5-6-13(10-15)20(24)23-11-14(12-23)19-21-18(22-27-19)16-8-3-4-9-17(16)26-2/h3-10,14H,11-12H2,1-2H3. The Hall–Kier alpha value is -3.35. The number of methoxy groups -OCH3 is 2. The zero-order valence-electron chi connectivity index (χ0n) is 15.1. The number of hydrogen-bond acceptors (Lipinski definition) is 6. The summed E-state index contributed by atoms with van der Waals surface area (Å²) in [6.45, 7) is 1.09. The van der Waals surface area contributed by atoms with Crippen molar-refractivity contribution < 1.29 is 18.8 Å². The molecule has 2 heterocycles. The van der Waals surface area contributed by atoms with Gasteiger partial charge in [0, 0.05) is 18.7 Å². The number of ether oxygens (including phenoxy) is 2. The summed E-state index contributed by atoms with van der Waals surface area (Å²) < 4.78 is 15.9. The molecule has 27 heavy (non-hydrogen) atoms. The molecule has 0 saturated carbocycles. The second kappa shape index (κ2) is 7.11. The zero-order valence-corrected chi connectivity index (χ0v) is 15.1. The van der Waals surface area contributed by atoms with Crippen molar-refractivity contribution in [3.8, 4) is 22.9 Å². The van der Waals surface area contributed by atoms with Crippen LogP contribution in [0.1, 0.15) is 22.2 Å². The fourth-order valence-electron chi connectivity index (χ4n) is 3.08. The van der Waals surface area contributed by atoms with E-state index in [1.807, 2.05) is 30.3 Å². The molecule has 7 nitrogen and oxygen atoms in total. The molecular formula is C20H19N3O4. The van der Waals surface area contributed by atoms with Crippen LogP contribution in [0.5, 0.6) is 11.5 Å². The van der Waals surface area contributed by atoms with Crippen LogP contribution in [0.15, 0.2) is 53.1 Å². The Morgan fingerprint density at radius 2 is 1.93 bits per heavy atom. The van der Waals surface area contributed by atoms with E-state index in [4.69, 9.17) is 14.0 Å². The van der Waals surface area contributed by atoms with Crippen molar-refractivity contribution in [3.05, 3.63) is 60.0 Å². The van der Waals surface area contributed by atoms with Gasteiger partial charge in [0.15, 0.2) is 0 Å². The van der Waals surface area contributed by atoms with E-state index in [2.05, 4.69) is 10.1 Å². The quantitative estimate of drug-likeness (QED) is 0.692. The first-order chi connectivity index (χ1) is 13.2. The molecule has 1 aromatic heterocycles. The van der Waals surface area contributed by atoms with Crippen LogP contribution in [-0.4, -0.2) is 48.3 Å². The van der Waals surface area contributed by atoms with Gasteiger partial charge < -0.3 is 18.9 Å². The van der Waals surface area contributed by atoms with Crippen LogP contribution in [0.3, 0.4) is 0 Å². The summed E-state index contributed by atoms with van der Waals surface area (Å²) in [4.78, 5) is 18.8. The highest BCUT2D eigenvalue weighted by Crippen LogP contribution is 2.32. The van der Waals surface area contributed by atoms with Crippen LogP contribution in [0.4, 0.5) is 0 Å². The van der Waals surface area contributed by atoms with Crippen molar-refractivity contribution in [1.82, 2.24) is 15.0 Å². The molecule has 1 amide bonds. The summed E-state index contributed by atoms with van der Waals surface area (Å²) in [6, 6.07) is 14.7. The molecule has 138 valence electrons. The van der Waals surface area contributed by atoms with Gasteiger partial charge in [0.05, 0.1) is 25.7 Å². The Morgan fingerprint density at radius 1 is 1.11 bits per heavy atom. The van der Waals surface area contributed by atoms with Crippen LogP contribution in [0, 0.1) is 0 Å². The number of aromatic nitrogens is 2. The molecule has 0 unspecified atom stereocenters. The van der Waals surface area contributed by atoms with Gasteiger partial charge in [-0.05, 0) is 30.3 Å².